The predicted molar refractivity (Wildman–Crippen MR) is 88.0 cm³/mol. The van der Waals surface area contributed by atoms with Crippen molar-refractivity contribution >= 4 is 22.6 Å². The molecule has 1 N–H and O–H groups in total. The number of nitrogens with one attached hydrogen (secondary N) is 1. The van der Waals surface area contributed by atoms with Crippen LogP contribution >= 0.6 is 0 Å². The minimum absolute atomic E-state index is 0.112. The zero-order valence-corrected chi connectivity index (χ0v) is 12.8. The van der Waals surface area contributed by atoms with E-state index in [1.54, 1.807) is 6.07 Å². The van der Waals surface area contributed by atoms with E-state index in [0.717, 1.165) is 48.9 Å². The summed E-state index contributed by atoms with van der Waals surface area (Å²) in [4.78, 5) is 19.2. The van der Waals surface area contributed by atoms with Crippen LogP contribution < -0.4 is 10.2 Å². The molecule has 0 spiro atoms. The number of amides is 1. The quantitative estimate of drug-likeness (QED) is 0.945. The number of anilines is 1. The van der Waals surface area contributed by atoms with Gasteiger partial charge in [0.1, 0.15) is 11.9 Å². The highest BCUT2D eigenvalue weighted by Crippen LogP contribution is 2.27. The molecule has 2 aliphatic rings. The van der Waals surface area contributed by atoms with Crippen LogP contribution in [0.15, 0.2) is 30.3 Å². The average molecular weight is 306 g/mol. The number of fused-ring (bicyclic) bond motifs is 1. The van der Waals surface area contributed by atoms with Gasteiger partial charge in [0.2, 0.25) is 5.91 Å². The summed E-state index contributed by atoms with van der Waals surface area (Å²) in [6.07, 6.45) is 4.10. The van der Waals surface area contributed by atoms with Gasteiger partial charge in [-0.2, -0.15) is 5.26 Å². The lowest BCUT2D eigenvalue weighted by molar-refractivity contribution is -0.122. The van der Waals surface area contributed by atoms with Gasteiger partial charge in [0.25, 0.3) is 0 Å². The molecule has 2 fully saturated rings. The van der Waals surface area contributed by atoms with Gasteiger partial charge in [-0.3, -0.25) is 4.79 Å². The van der Waals surface area contributed by atoms with Gasteiger partial charge in [-0.05, 0) is 56.0 Å². The number of aromatic nitrogens is 1. The molecule has 1 saturated heterocycles. The molecule has 1 aromatic carbocycles. The number of hydrogen-bond donors (Lipinski definition) is 1. The Morgan fingerprint density at radius 1 is 1.26 bits per heavy atom. The first kappa shape index (κ1) is 14.0. The van der Waals surface area contributed by atoms with Crippen molar-refractivity contribution < 1.29 is 4.79 Å². The SMILES string of the molecule is N#Cc1ccc2nc(N3CCCC3C(=O)NC3CC3)ccc2c1. The second kappa shape index (κ2) is 5.54. The van der Waals surface area contributed by atoms with Gasteiger partial charge in [-0.25, -0.2) is 4.98 Å². The van der Waals surface area contributed by atoms with Gasteiger partial charge >= 0.3 is 0 Å². The van der Waals surface area contributed by atoms with E-state index in [4.69, 9.17) is 10.2 Å². The molecule has 2 aromatic rings. The van der Waals surface area contributed by atoms with E-state index in [-0.39, 0.29) is 11.9 Å². The number of carbonyl (C=O) groups excluding carboxylic acids is 1. The van der Waals surface area contributed by atoms with E-state index >= 15 is 0 Å². The molecular formula is C18H18N4O. The number of pyridine rings is 1. The van der Waals surface area contributed by atoms with Crippen LogP contribution in [0.3, 0.4) is 0 Å². The molecule has 1 saturated carbocycles. The minimum Gasteiger partial charge on any atom is -0.352 e. The third-order valence-corrected chi connectivity index (χ3v) is 4.58. The smallest absolute Gasteiger partial charge is 0.242 e. The largest absolute Gasteiger partial charge is 0.352 e. The van der Waals surface area contributed by atoms with Crippen LogP contribution in [0.2, 0.25) is 0 Å². The Hall–Kier alpha value is -2.61. The number of nitrogens with zero attached hydrogens (tertiary/aromatic N) is 3. The Morgan fingerprint density at radius 2 is 2.13 bits per heavy atom. The number of nitriles is 1. The Morgan fingerprint density at radius 3 is 2.91 bits per heavy atom. The molecule has 1 atom stereocenters. The summed E-state index contributed by atoms with van der Waals surface area (Å²) >= 11 is 0. The second-order valence-corrected chi connectivity index (χ2v) is 6.32. The highest BCUT2D eigenvalue weighted by atomic mass is 16.2. The van der Waals surface area contributed by atoms with Crippen molar-refractivity contribution in [2.24, 2.45) is 0 Å². The van der Waals surface area contributed by atoms with E-state index in [2.05, 4.69) is 16.3 Å². The molecule has 4 rings (SSSR count). The number of benzene rings is 1. The molecule has 1 aliphatic carbocycles. The maximum absolute atomic E-state index is 12.4. The Balaban J connectivity index is 1.61. The normalized spacial score (nSPS) is 20.5. The van der Waals surface area contributed by atoms with Gasteiger partial charge < -0.3 is 10.2 Å². The summed E-state index contributed by atoms with van der Waals surface area (Å²) in [5, 5.41) is 13.0. The Kier molecular flexibility index (Phi) is 3.38. The van der Waals surface area contributed by atoms with Crippen LogP contribution in [0.1, 0.15) is 31.2 Å². The molecule has 1 unspecified atom stereocenters. The zero-order valence-electron chi connectivity index (χ0n) is 12.8. The molecule has 1 amide bonds. The third kappa shape index (κ3) is 2.72. The van der Waals surface area contributed by atoms with Crippen LogP contribution in [0.4, 0.5) is 5.82 Å². The summed E-state index contributed by atoms with van der Waals surface area (Å²) in [5.74, 6) is 0.974. The molecule has 0 radical (unpaired) electrons. The zero-order chi connectivity index (χ0) is 15.8. The maximum atomic E-state index is 12.4. The van der Waals surface area contributed by atoms with Gasteiger partial charge in [0.05, 0.1) is 17.1 Å². The maximum Gasteiger partial charge on any atom is 0.242 e. The van der Waals surface area contributed by atoms with Crippen molar-refractivity contribution in [2.75, 3.05) is 11.4 Å². The summed E-state index contributed by atoms with van der Waals surface area (Å²) in [7, 11) is 0. The van der Waals surface area contributed by atoms with Crippen molar-refractivity contribution in [3.05, 3.63) is 35.9 Å². The standard InChI is InChI=1S/C18H18N4O/c19-11-12-3-7-15-13(10-12)4-8-17(21-15)22-9-1-2-16(22)18(23)20-14-5-6-14/h3-4,7-8,10,14,16H,1-2,5-6,9H2,(H,20,23). The first-order valence-corrected chi connectivity index (χ1v) is 8.12. The topological polar surface area (TPSA) is 69.0 Å². The molecule has 5 heteroatoms. The van der Waals surface area contributed by atoms with E-state index < -0.39 is 0 Å². The van der Waals surface area contributed by atoms with Gasteiger partial charge in [0.15, 0.2) is 0 Å². The lowest BCUT2D eigenvalue weighted by Gasteiger charge is -2.25. The summed E-state index contributed by atoms with van der Waals surface area (Å²) < 4.78 is 0. The fourth-order valence-corrected chi connectivity index (χ4v) is 3.18. The number of carbonyl (C=O) groups is 1. The fraction of sp³-hybridized carbons (Fsp3) is 0.389. The number of rotatable bonds is 3. The van der Waals surface area contributed by atoms with E-state index in [1.807, 2.05) is 24.3 Å². The van der Waals surface area contributed by atoms with Crippen LogP contribution in [-0.2, 0) is 4.79 Å². The van der Waals surface area contributed by atoms with Crippen LogP contribution in [0, 0.1) is 11.3 Å². The van der Waals surface area contributed by atoms with Crippen molar-refractivity contribution in [1.82, 2.24) is 10.3 Å². The first-order valence-electron chi connectivity index (χ1n) is 8.12. The summed E-state index contributed by atoms with van der Waals surface area (Å²) in [5.41, 5.74) is 1.49. The Bertz CT molecular complexity index is 806. The van der Waals surface area contributed by atoms with E-state index in [9.17, 15) is 4.79 Å². The number of hydrogen-bond acceptors (Lipinski definition) is 4. The predicted octanol–water partition coefficient (Wildman–Crippen LogP) is 2.35. The van der Waals surface area contributed by atoms with Crippen molar-refractivity contribution in [3.8, 4) is 6.07 Å². The third-order valence-electron chi connectivity index (χ3n) is 4.58. The molecule has 1 aliphatic heterocycles. The van der Waals surface area contributed by atoms with E-state index in [1.165, 1.54) is 0 Å². The average Bonchev–Trinajstić information content (AvgIpc) is 3.25. The molecule has 1 aromatic heterocycles. The molecular weight excluding hydrogens is 288 g/mol. The van der Waals surface area contributed by atoms with Gasteiger partial charge in [0, 0.05) is 18.0 Å². The Labute approximate surface area is 134 Å². The van der Waals surface area contributed by atoms with Crippen molar-refractivity contribution in [3.63, 3.8) is 0 Å². The second-order valence-electron chi connectivity index (χ2n) is 6.32. The molecule has 2 heterocycles. The first-order chi connectivity index (χ1) is 11.2. The minimum atomic E-state index is -0.112. The summed E-state index contributed by atoms with van der Waals surface area (Å²) in [6.45, 7) is 0.859. The molecule has 5 nitrogen and oxygen atoms in total. The van der Waals surface area contributed by atoms with Gasteiger partial charge in [-0.15, -0.1) is 0 Å². The molecule has 23 heavy (non-hydrogen) atoms. The van der Waals surface area contributed by atoms with Gasteiger partial charge in [-0.1, -0.05) is 0 Å². The fourth-order valence-electron chi connectivity index (χ4n) is 3.18. The van der Waals surface area contributed by atoms with Crippen molar-refractivity contribution in [2.45, 2.75) is 37.8 Å². The molecule has 0 bridgehead atoms. The van der Waals surface area contributed by atoms with Crippen LogP contribution in [0.25, 0.3) is 10.9 Å². The monoisotopic (exact) mass is 306 g/mol. The van der Waals surface area contributed by atoms with Crippen LogP contribution in [0.5, 0.6) is 0 Å². The lowest BCUT2D eigenvalue weighted by atomic mass is 10.1. The highest BCUT2D eigenvalue weighted by Gasteiger charge is 2.34. The van der Waals surface area contributed by atoms with Crippen molar-refractivity contribution in [1.29, 1.82) is 5.26 Å². The lowest BCUT2D eigenvalue weighted by Crippen LogP contribution is -2.44. The highest BCUT2D eigenvalue weighted by molar-refractivity contribution is 5.87. The molecule has 116 valence electrons. The van der Waals surface area contributed by atoms with Crippen LogP contribution in [-0.4, -0.2) is 29.5 Å². The summed E-state index contributed by atoms with van der Waals surface area (Å²) in [6, 6.07) is 11.8. The van der Waals surface area contributed by atoms with E-state index in [0.29, 0.717) is 11.6 Å².